The number of rotatable bonds is 10. The largest absolute Gasteiger partial charge is 0.507 e. The molecule has 1 amide bonds. The van der Waals surface area contributed by atoms with Crippen molar-refractivity contribution in [3.8, 4) is 28.5 Å². The number of hydrogen-bond donors (Lipinski definition) is 2. The molecule has 1 aromatic heterocycles. The molecule has 8 nitrogen and oxygen atoms in total. The second-order valence-corrected chi connectivity index (χ2v) is 9.34. The third kappa shape index (κ3) is 4.53. The Morgan fingerprint density at radius 1 is 1.19 bits per heavy atom. The molecule has 2 atom stereocenters. The summed E-state index contributed by atoms with van der Waals surface area (Å²) in [5.74, 6) is 1.29. The maximum Gasteiger partial charge on any atom is 0.273 e. The van der Waals surface area contributed by atoms with Crippen molar-refractivity contribution in [1.29, 1.82) is 0 Å². The average Bonchev–Trinajstić information content (AvgIpc) is 3.62. The number of amides is 1. The minimum atomic E-state index is -0.409. The highest BCUT2D eigenvalue weighted by molar-refractivity contribution is 6.00. The summed E-state index contributed by atoms with van der Waals surface area (Å²) in [5, 5.41) is 18.0. The van der Waals surface area contributed by atoms with Gasteiger partial charge in [0.15, 0.2) is 11.5 Å². The number of unbranched alkanes of at least 4 members (excludes halogenated alkanes) is 2. The number of nitrogens with zero attached hydrogens (tertiary/aromatic N) is 2. The Kier molecular flexibility index (Phi) is 7.13. The van der Waals surface area contributed by atoms with Crippen LogP contribution in [0.25, 0.3) is 11.3 Å². The van der Waals surface area contributed by atoms with Gasteiger partial charge in [0.05, 0.1) is 25.9 Å². The number of phenolic OH excluding ortho intramolecular Hbond substituents is 1. The van der Waals surface area contributed by atoms with Crippen molar-refractivity contribution in [2.24, 2.45) is 0 Å². The first-order valence-corrected chi connectivity index (χ1v) is 12.7. The second kappa shape index (κ2) is 10.6. The fraction of sp³-hybridized carbons (Fsp3) is 0.429. The molecule has 2 aromatic carbocycles. The molecule has 5 rings (SSSR count). The molecule has 2 aliphatic heterocycles. The Hall–Kier alpha value is -3.52. The zero-order valence-electron chi connectivity index (χ0n) is 20.8. The molecule has 2 aliphatic rings. The Balaban J connectivity index is 1.55. The number of H-pyrrole nitrogens is 1. The summed E-state index contributed by atoms with van der Waals surface area (Å²) in [7, 11) is 1.62. The molecule has 0 unspecified atom stereocenters. The molecule has 3 aromatic rings. The van der Waals surface area contributed by atoms with E-state index in [1.807, 2.05) is 35.2 Å². The maximum atomic E-state index is 13.6. The SMILES string of the molecule is CCCCCOc1ccc([C@@H]2c3c(-c4ccccc4O)n[nH]c3C(=O)N2C[C@@H]2CCCO2)cc1OC. The summed E-state index contributed by atoms with van der Waals surface area (Å²) in [6.45, 7) is 3.98. The van der Waals surface area contributed by atoms with E-state index >= 15 is 0 Å². The monoisotopic (exact) mass is 491 g/mol. The lowest BCUT2D eigenvalue weighted by molar-refractivity contribution is 0.0495. The van der Waals surface area contributed by atoms with Crippen molar-refractivity contribution >= 4 is 5.91 Å². The van der Waals surface area contributed by atoms with E-state index < -0.39 is 6.04 Å². The number of benzene rings is 2. The molecule has 0 saturated carbocycles. The predicted molar refractivity (Wildman–Crippen MR) is 136 cm³/mol. The van der Waals surface area contributed by atoms with Crippen LogP contribution in [-0.4, -0.2) is 59.1 Å². The van der Waals surface area contributed by atoms with Gasteiger partial charge >= 0.3 is 0 Å². The van der Waals surface area contributed by atoms with E-state index in [-0.39, 0.29) is 17.8 Å². The number of aromatic nitrogens is 2. The van der Waals surface area contributed by atoms with Crippen molar-refractivity contribution in [3.63, 3.8) is 0 Å². The topological polar surface area (TPSA) is 96.9 Å². The number of nitrogens with one attached hydrogen (secondary N) is 1. The van der Waals surface area contributed by atoms with E-state index in [0.717, 1.165) is 43.2 Å². The Morgan fingerprint density at radius 3 is 2.81 bits per heavy atom. The first kappa shape index (κ1) is 24.2. The van der Waals surface area contributed by atoms with Gasteiger partial charge in [-0.3, -0.25) is 9.89 Å². The van der Waals surface area contributed by atoms with Crippen molar-refractivity contribution in [1.82, 2.24) is 15.1 Å². The van der Waals surface area contributed by atoms with E-state index in [9.17, 15) is 9.90 Å². The first-order valence-electron chi connectivity index (χ1n) is 12.7. The van der Waals surface area contributed by atoms with Crippen LogP contribution in [0.2, 0.25) is 0 Å². The van der Waals surface area contributed by atoms with Crippen LogP contribution < -0.4 is 9.47 Å². The molecular formula is C28H33N3O5. The van der Waals surface area contributed by atoms with Crippen LogP contribution in [-0.2, 0) is 4.74 Å². The molecule has 0 radical (unpaired) electrons. The van der Waals surface area contributed by atoms with E-state index in [2.05, 4.69) is 17.1 Å². The molecule has 0 spiro atoms. The number of carbonyl (C=O) groups excluding carboxylic acids is 1. The van der Waals surface area contributed by atoms with Crippen LogP contribution in [0.15, 0.2) is 42.5 Å². The number of aromatic amines is 1. The number of para-hydroxylation sites is 1. The van der Waals surface area contributed by atoms with Gasteiger partial charge in [0.25, 0.3) is 5.91 Å². The minimum Gasteiger partial charge on any atom is -0.507 e. The first-order chi connectivity index (χ1) is 17.6. The van der Waals surface area contributed by atoms with Gasteiger partial charge in [-0.2, -0.15) is 5.10 Å². The Morgan fingerprint density at radius 2 is 2.06 bits per heavy atom. The van der Waals surface area contributed by atoms with Gasteiger partial charge in [-0.25, -0.2) is 0 Å². The van der Waals surface area contributed by atoms with E-state index in [0.29, 0.717) is 48.2 Å². The number of aromatic hydroxyl groups is 1. The quantitative estimate of drug-likeness (QED) is 0.384. The number of phenols is 1. The Bertz CT molecular complexity index is 1220. The number of carbonyl (C=O) groups is 1. The summed E-state index contributed by atoms with van der Waals surface area (Å²) < 4.78 is 17.6. The second-order valence-electron chi connectivity index (χ2n) is 9.34. The standard InChI is InChI=1S/C28H33N3O5/c1-3-4-7-14-36-22-13-12-18(16-23(22)34-2)27-24-25(20-10-5-6-11-21(20)32)29-30-26(24)28(33)31(27)17-19-9-8-15-35-19/h5-6,10-13,16,19,27,32H,3-4,7-9,14-15,17H2,1-2H3,(H,29,30)/t19-,27+/m0/s1. The number of fused-ring (bicyclic) bond motifs is 1. The molecule has 190 valence electrons. The van der Waals surface area contributed by atoms with Crippen LogP contribution >= 0.6 is 0 Å². The molecule has 8 heteroatoms. The van der Waals surface area contributed by atoms with Gasteiger partial charge in [0, 0.05) is 24.3 Å². The number of methoxy groups -OCH3 is 1. The highest BCUT2D eigenvalue weighted by atomic mass is 16.5. The van der Waals surface area contributed by atoms with Crippen LogP contribution in [0, 0.1) is 0 Å². The normalized spacial score (nSPS) is 19.1. The lowest BCUT2D eigenvalue weighted by atomic mass is 9.95. The highest BCUT2D eigenvalue weighted by Gasteiger charge is 2.44. The van der Waals surface area contributed by atoms with Gasteiger partial charge in [-0.1, -0.05) is 38.0 Å². The fourth-order valence-electron chi connectivity index (χ4n) is 5.13. The molecule has 1 fully saturated rings. The minimum absolute atomic E-state index is 0.00920. The van der Waals surface area contributed by atoms with Gasteiger partial charge in [-0.15, -0.1) is 0 Å². The van der Waals surface area contributed by atoms with Gasteiger partial charge in [0.2, 0.25) is 0 Å². The van der Waals surface area contributed by atoms with Gasteiger partial charge < -0.3 is 24.2 Å². The summed E-state index contributed by atoms with van der Waals surface area (Å²) >= 11 is 0. The fourth-order valence-corrected chi connectivity index (χ4v) is 5.13. The zero-order chi connectivity index (χ0) is 25.1. The van der Waals surface area contributed by atoms with Crippen molar-refractivity contribution in [2.45, 2.75) is 51.2 Å². The van der Waals surface area contributed by atoms with Crippen LogP contribution in [0.5, 0.6) is 17.2 Å². The Labute approximate surface area is 211 Å². The van der Waals surface area contributed by atoms with Crippen molar-refractivity contribution in [2.75, 3.05) is 26.9 Å². The molecule has 1 saturated heterocycles. The molecule has 0 aliphatic carbocycles. The van der Waals surface area contributed by atoms with E-state index in [1.165, 1.54) is 0 Å². The third-order valence-corrected chi connectivity index (χ3v) is 6.96. The lowest BCUT2D eigenvalue weighted by Crippen LogP contribution is -2.36. The predicted octanol–water partition coefficient (Wildman–Crippen LogP) is 5.08. The van der Waals surface area contributed by atoms with Crippen LogP contribution in [0.1, 0.15) is 66.7 Å². The van der Waals surface area contributed by atoms with Gasteiger partial charge in [0.1, 0.15) is 17.1 Å². The van der Waals surface area contributed by atoms with Crippen molar-refractivity contribution in [3.05, 3.63) is 59.3 Å². The smallest absolute Gasteiger partial charge is 0.273 e. The van der Waals surface area contributed by atoms with Gasteiger partial charge in [-0.05, 0) is 49.1 Å². The van der Waals surface area contributed by atoms with Crippen LogP contribution in [0.4, 0.5) is 0 Å². The average molecular weight is 492 g/mol. The molecule has 2 N–H and O–H groups in total. The number of hydrogen-bond acceptors (Lipinski definition) is 6. The summed E-state index contributed by atoms with van der Waals surface area (Å²) in [5.41, 5.74) is 3.22. The van der Waals surface area contributed by atoms with E-state index in [4.69, 9.17) is 14.2 Å². The molecular weight excluding hydrogens is 458 g/mol. The highest BCUT2D eigenvalue weighted by Crippen LogP contribution is 2.46. The zero-order valence-corrected chi connectivity index (χ0v) is 20.8. The summed E-state index contributed by atoms with van der Waals surface area (Å²) in [6.07, 6.45) is 5.12. The number of ether oxygens (including phenoxy) is 3. The molecule has 0 bridgehead atoms. The molecule has 3 heterocycles. The lowest BCUT2D eigenvalue weighted by Gasteiger charge is -2.29. The summed E-state index contributed by atoms with van der Waals surface area (Å²) in [6, 6.07) is 12.5. The maximum absolute atomic E-state index is 13.6. The molecule has 36 heavy (non-hydrogen) atoms. The van der Waals surface area contributed by atoms with E-state index in [1.54, 1.807) is 19.2 Å². The van der Waals surface area contributed by atoms with Crippen LogP contribution in [0.3, 0.4) is 0 Å². The van der Waals surface area contributed by atoms with Crippen molar-refractivity contribution < 1.29 is 24.1 Å². The summed E-state index contributed by atoms with van der Waals surface area (Å²) in [4.78, 5) is 15.4. The third-order valence-electron chi connectivity index (χ3n) is 6.96.